The monoisotopic (exact) mass is 493 g/mol. The maximum atomic E-state index is 12.3. The number of methoxy groups -OCH3 is 1. The van der Waals surface area contributed by atoms with Gasteiger partial charge in [-0.05, 0) is 30.2 Å². The van der Waals surface area contributed by atoms with Gasteiger partial charge in [0.25, 0.3) is 0 Å². The van der Waals surface area contributed by atoms with Gasteiger partial charge < -0.3 is 30.9 Å². The number of ether oxygens (including phenoxy) is 1. The van der Waals surface area contributed by atoms with Crippen LogP contribution in [0, 0.1) is 0 Å². The molecule has 0 aliphatic carbocycles. The van der Waals surface area contributed by atoms with Crippen molar-refractivity contribution < 1.29 is 30.0 Å². The number of ketones is 1. The SMILES string of the molecule is CCCCCCCCCCCCCC[C@@H](O)[C@@H](O)[C@@H](N)C(O)C(=O)/C=C/c1ccc(O)c(OC)c1. The number of rotatable bonds is 20. The second kappa shape index (κ2) is 18.4. The van der Waals surface area contributed by atoms with Crippen LogP contribution in [0.1, 0.15) is 96.0 Å². The van der Waals surface area contributed by atoms with E-state index in [4.69, 9.17) is 10.5 Å². The molecule has 0 aliphatic rings. The van der Waals surface area contributed by atoms with Crippen LogP contribution in [0.5, 0.6) is 11.5 Å². The summed E-state index contributed by atoms with van der Waals surface area (Å²) in [4.78, 5) is 12.3. The Balaban J connectivity index is 2.27. The van der Waals surface area contributed by atoms with E-state index >= 15 is 0 Å². The summed E-state index contributed by atoms with van der Waals surface area (Å²) in [6.45, 7) is 2.23. The third-order valence-electron chi connectivity index (χ3n) is 6.44. The summed E-state index contributed by atoms with van der Waals surface area (Å²) in [6, 6.07) is 3.26. The molecule has 0 saturated carbocycles. The van der Waals surface area contributed by atoms with Crippen molar-refractivity contribution in [1.29, 1.82) is 0 Å². The zero-order valence-corrected chi connectivity index (χ0v) is 21.6. The fourth-order valence-corrected chi connectivity index (χ4v) is 4.07. The third kappa shape index (κ3) is 12.5. The Labute approximate surface area is 211 Å². The highest BCUT2D eigenvalue weighted by Crippen LogP contribution is 2.26. The van der Waals surface area contributed by atoms with Gasteiger partial charge in [-0.25, -0.2) is 0 Å². The highest BCUT2D eigenvalue weighted by Gasteiger charge is 2.31. The van der Waals surface area contributed by atoms with Crippen LogP contribution in [0.25, 0.3) is 6.08 Å². The van der Waals surface area contributed by atoms with Crippen LogP contribution in [-0.2, 0) is 4.79 Å². The molecule has 0 bridgehead atoms. The normalized spacial score (nSPS) is 15.1. The number of nitrogens with two attached hydrogens (primary N) is 1. The van der Waals surface area contributed by atoms with Gasteiger partial charge >= 0.3 is 0 Å². The number of aliphatic hydroxyl groups is 3. The molecular weight excluding hydrogens is 446 g/mol. The molecule has 7 nitrogen and oxygen atoms in total. The zero-order chi connectivity index (χ0) is 26.1. The van der Waals surface area contributed by atoms with Gasteiger partial charge in [0.2, 0.25) is 0 Å². The molecule has 6 N–H and O–H groups in total. The van der Waals surface area contributed by atoms with Gasteiger partial charge in [-0.3, -0.25) is 4.79 Å². The van der Waals surface area contributed by atoms with Gasteiger partial charge in [-0.1, -0.05) is 96.1 Å². The summed E-state index contributed by atoms with van der Waals surface area (Å²) in [5, 5.41) is 40.4. The standard InChI is InChI=1S/C28H47NO6/c1-3-4-5-6-7-8-9-10-11-12-13-14-15-23(31)27(33)26(29)28(34)24(32)19-17-21-16-18-22(30)25(20-21)35-2/h16-20,23,26-28,30-31,33-34H,3-15,29H2,1-2H3/b19-17+/t23-,26-,27-,28?/m1/s1. The first-order valence-electron chi connectivity index (χ1n) is 13.2. The Kier molecular flexibility index (Phi) is 16.3. The van der Waals surface area contributed by atoms with Crippen LogP contribution in [0.4, 0.5) is 0 Å². The van der Waals surface area contributed by atoms with E-state index in [0.29, 0.717) is 12.0 Å². The maximum Gasteiger partial charge on any atom is 0.185 e. The zero-order valence-electron chi connectivity index (χ0n) is 21.6. The van der Waals surface area contributed by atoms with Crippen LogP contribution >= 0.6 is 0 Å². The summed E-state index contributed by atoms with van der Waals surface area (Å²) in [5.41, 5.74) is 6.45. The molecule has 35 heavy (non-hydrogen) atoms. The maximum absolute atomic E-state index is 12.3. The largest absolute Gasteiger partial charge is 0.504 e. The quantitative estimate of drug-likeness (QED) is 0.134. The average molecular weight is 494 g/mol. The number of carbonyl (C=O) groups excluding carboxylic acids is 1. The number of phenolic OH excluding ortho intramolecular Hbond substituents is 1. The Morgan fingerprint density at radius 2 is 1.49 bits per heavy atom. The molecule has 1 aromatic rings. The first-order chi connectivity index (χ1) is 16.8. The van der Waals surface area contributed by atoms with Gasteiger partial charge in [-0.15, -0.1) is 0 Å². The predicted octanol–water partition coefficient (Wildman–Crippen LogP) is 4.48. The molecule has 0 aromatic heterocycles. The smallest absolute Gasteiger partial charge is 0.185 e. The molecule has 7 heteroatoms. The molecule has 0 amide bonds. The Bertz CT molecular complexity index is 738. The molecule has 200 valence electrons. The van der Waals surface area contributed by atoms with Crippen molar-refractivity contribution in [3.8, 4) is 11.5 Å². The van der Waals surface area contributed by atoms with E-state index in [1.807, 2.05) is 0 Å². The molecule has 0 aliphatic heterocycles. The van der Waals surface area contributed by atoms with E-state index in [1.54, 1.807) is 12.1 Å². The van der Waals surface area contributed by atoms with Crippen LogP contribution in [0.3, 0.4) is 0 Å². The Morgan fingerprint density at radius 3 is 2.03 bits per heavy atom. The Morgan fingerprint density at radius 1 is 0.943 bits per heavy atom. The fourth-order valence-electron chi connectivity index (χ4n) is 4.07. The van der Waals surface area contributed by atoms with Crippen molar-refractivity contribution in [1.82, 2.24) is 0 Å². The van der Waals surface area contributed by atoms with Crippen molar-refractivity contribution in [3.05, 3.63) is 29.8 Å². The summed E-state index contributed by atoms with van der Waals surface area (Å²) in [6.07, 6.45) is 13.3. The molecule has 1 unspecified atom stereocenters. The van der Waals surface area contributed by atoms with Crippen LogP contribution in [-0.4, -0.2) is 57.7 Å². The molecule has 0 radical (unpaired) electrons. The number of aliphatic hydroxyl groups excluding tert-OH is 3. The van der Waals surface area contributed by atoms with Crippen LogP contribution in [0.2, 0.25) is 0 Å². The summed E-state index contributed by atoms with van der Waals surface area (Å²) >= 11 is 0. The van der Waals surface area contributed by atoms with E-state index in [9.17, 15) is 25.2 Å². The lowest BCUT2D eigenvalue weighted by Crippen LogP contribution is -2.52. The molecule has 1 rings (SSSR count). The molecular formula is C28H47NO6. The van der Waals surface area contributed by atoms with E-state index in [-0.39, 0.29) is 11.5 Å². The number of hydrogen-bond acceptors (Lipinski definition) is 7. The van der Waals surface area contributed by atoms with E-state index < -0.39 is 30.1 Å². The minimum absolute atomic E-state index is 0.0247. The minimum Gasteiger partial charge on any atom is -0.504 e. The van der Waals surface area contributed by atoms with Crippen molar-refractivity contribution >= 4 is 11.9 Å². The lowest BCUT2D eigenvalue weighted by Gasteiger charge is -2.26. The van der Waals surface area contributed by atoms with Crippen molar-refractivity contribution in [2.75, 3.05) is 7.11 Å². The number of unbranched alkanes of at least 4 members (excludes halogenated alkanes) is 11. The highest BCUT2D eigenvalue weighted by molar-refractivity contribution is 5.97. The first kappa shape index (κ1) is 31.1. The highest BCUT2D eigenvalue weighted by atomic mass is 16.5. The van der Waals surface area contributed by atoms with Crippen LogP contribution < -0.4 is 10.5 Å². The summed E-state index contributed by atoms with van der Waals surface area (Å²) in [7, 11) is 1.42. The lowest BCUT2D eigenvalue weighted by molar-refractivity contribution is -0.126. The molecule has 0 spiro atoms. The molecule has 0 fully saturated rings. The first-order valence-corrected chi connectivity index (χ1v) is 13.2. The molecule has 1 aromatic carbocycles. The summed E-state index contributed by atoms with van der Waals surface area (Å²) in [5.74, 6) is -0.447. The fraction of sp³-hybridized carbons (Fsp3) is 0.679. The molecule has 0 saturated heterocycles. The number of aromatic hydroxyl groups is 1. The van der Waals surface area contributed by atoms with E-state index in [0.717, 1.165) is 25.3 Å². The van der Waals surface area contributed by atoms with Crippen LogP contribution in [0.15, 0.2) is 24.3 Å². The van der Waals surface area contributed by atoms with Gasteiger partial charge in [0.1, 0.15) is 6.10 Å². The second-order valence-electron chi connectivity index (χ2n) is 9.42. The van der Waals surface area contributed by atoms with E-state index in [2.05, 4.69) is 6.92 Å². The molecule has 0 heterocycles. The van der Waals surface area contributed by atoms with Gasteiger partial charge in [-0.2, -0.15) is 0 Å². The summed E-state index contributed by atoms with van der Waals surface area (Å²) < 4.78 is 5.02. The van der Waals surface area contributed by atoms with Crippen molar-refractivity contribution in [2.24, 2.45) is 5.73 Å². The molecule has 4 atom stereocenters. The van der Waals surface area contributed by atoms with Crippen molar-refractivity contribution in [2.45, 2.75) is 115 Å². The number of benzene rings is 1. The van der Waals surface area contributed by atoms with Gasteiger partial charge in [0, 0.05) is 0 Å². The predicted molar refractivity (Wildman–Crippen MR) is 140 cm³/mol. The number of hydrogen-bond donors (Lipinski definition) is 5. The second-order valence-corrected chi connectivity index (χ2v) is 9.42. The van der Waals surface area contributed by atoms with Crippen molar-refractivity contribution in [3.63, 3.8) is 0 Å². The Hall–Kier alpha value is -1.93. The number of phenols is 1. The van der Waals surface area contributed by atoms with E-state index in [1.165, 1.54) is 77.0 Å². The topological polar surface area (TPSA) is 133 Å². The lowest BCUT2D eigenvalue weighted by atomic mass is 9.94. The average Bonchev–Trinajstić information content (AvgIpc) is 2.87. The van der Waals surface area contributed by atoms with Gasteiger partial charge in [0.15, 0.2) is 17.3 Å². The van der Waals surface area contributed by atoms with Gasteiger partial charge in [0.05, 0.1) is 25.4 Å². The number of carbonyl (C=O) groups is 1. The third-order valence-corrected chi connectivity index (χ3v) is 6.44. The minimum atomic E-state index is -1.64.